The molecule has 0 spiro atoms. The number of benzene rings is 1. The molecule has 12 heteroatoms. The molecule has 1 atom stereocenters. The van der Waals surface area contributed by atoms with E-state index in [1.165, 1.54) is 41.1 Å². The Balaban J connectivity index is 1.89. The second kappa shape index (κ2) is 13.2. The fourth-order valence-corrected chi connectivity index (χ4v) is 4.98. The third kappa shape index (κ3) is 8.34. The van der Waals surface area contributed by atoms with Crippen molar-refractivity contribution in [2.24, 2.45) is 0 Å². The number of amides is 2. The van der Waals surface area contributed by atoms with Crippen molar-refractivity contribution in [3.05, 3.63) is 45.6 Å². The van der Waals surface area contributed by atoms with Crippen LogP contribution in [0.15, 0.2) is 40.6 Å². The van der Waals surface area contributed by atoms with Crippen LogP contribution in [0.3, 0.4) is 0 Å². The molecular weight excluding hydrogens is 490 g/mol. The summed E-state index contributed by atoms with van der Waals surface area (Å²) in [6, 6.07) is 6.09. The molecule has 0 radical (unpaired) electrons. The third-order valence-electron chi connectivity index (χ3n) is 4.37. The van der Waals surface area contributed by atoms with Crippen LogP contribution in [0.5, 0.6) is 5.75 Å². The summed E-state index contributed by atoms with van der Waals surface area (Å²) in [6.07, 6.45) is 1.00. The topological polar surface area (TPSA) is 134 Å². The van der Waals surface area contributed by atoms with Crippen molar-refractivity contribution in [2.75, 3.05) is 13.2 Å². The maximum absolute atomic E-state index is 12.7. The minimum atomic E-state index is -4.04. The Kier molecular flexibility index (Phi) is 10.6. The maximum atomic E-state index is 12.7. The summed E-state index contributed by atoms with van der Waals surface area (Å²) >= 11 is 7.15. The van der Waals surface area contributed by atoms with Crippen LogP contribution in [0.25, 0.3) is 0 Å². The zero-order chi connectivity index (χ0) is 24.3. The minimum absolute atomic E-state index is 0.0627. The van der Waals surface area contributed by atoms with Crippen LogP contribution in [0.2, 0.25) is 5.02 Å². The van der Waals surface area contributed by atoms with E-state index in [9.17, 15) is 18.0 Å². The summed E-state index contributed by atoms with van der Waals surface area (Å²) < 4.78 is 33.0. The smallest absolute Gasteiger partial charge is 0.262 e. The van der Waals surface area contributed by atoms with Gasteiger partial charge in [-0.1, -0.05) is 17.5 Å². The van der Waals surface area contributed by atoms with Crippen molar-refractivity contribution >= 4 is 44.8 Å². The van der Waals surface area contributed by atoms with Gasteiger partial charge in [0.15, 0.2) is 0 Å². The Hall–Kier alpha value is -2.62. The molecule has 0 aliphatic heterocycles. The predicted octanol–water partition coefficient (Wildman–Crippen LogP) is 2.56. The lowest BCUT2D eigenvalue weighted by Gasteiger charge is -2.17. The average Bonchev–Trinajstić information content (AvgIpc) is 3.23. The number of hydroxylamine groups is 1. The first kappa shape index (κ1) is 26.6. The van der Waals surface area contributed by atoms with Crippen LogP contribution >= 0.6 is 22.9 Å². The van der Waals surface area contributed by atoms with Crippen molar-refractivity contribution in [3.8, 4) is 17.6 Å². The first-order valence-corrected chi connectivity index (χ1v) is 12.6. The van der Waals surface area contributed by atoms with Gasteiger partial charge in [0, 0.05) is 6.54 Å². The lowest BCUT2D eigenvalue weighted by molar-refractivity contribution is -0.131. The second-order valence-corrected chi connectivity index (χ2v) is 9.72. The highest BCUT2D eigenvalue weighted by Crippen LogP contribution is 2.21. The fourth-order valence-electron chi connectivity index (χ4n) is 2.69. The minimum Gasteiger partial charge on any atom is -0.481 e. The SMILES string of the molecule is CC#CCOc1ccc(S(=O)(=O)NC(CCCCNC(=O)c2sccc2Cl)C(=O)NO)cc1. The molecule has 33 heavy (non-hydrogen) atoms. The zero-order valence-corrected chi connectivity index (χ0v) is 20.1. The van der Waals surface area contributed by atoms with E-state index in [-0.39, 0.29) is 23.8 Å². The highest BCUT2D eigenvalue weighted by atomic mass is 35.5. The molecule has 178 valence electrons. The average molecular weight is 514 g/mol. The monoisotopic (exact) mass is 513 g/mol. The summed E-state index contributed by atoms with van der Waals surface area (Å²) in [5, 5.41) is 13.8. The third-order valence-corrected chi connectivity index (χ3v) is 7.20. The molecule has 1 aromatic heterocycles. The molecule has 2 aromatic rings. The standard InChI is InChI=1S/C21H24ClN3O6S2/c1-2-3-13-31-15-7-9-16(10-8-15)33(29,30)25-18(20(26)24-28)6-4-5-12-23-21(27)19-17(22)11-14-32-19/h7-11,14,18,25,28H,4-6,12-13H2,1H3,(H,23,27)(H,24,26). The normalized spacial score (nSPS) is 11.7. The Morgan fingerprint density at radius 1 is 1.21 bits per heavy atom. The Morgan fingerprint density at radius 2 is 1.94 bits per heavy atom. The van der Waals surface area contributed by atoms with E-state index in [1.54, 1.807) is 18.4 Å². The molecule has 0 bridgehead atoms. The molecule has 0 saturated carbocycles. The van der Waals surface area contributed by atoms with Gasteiger partial charge in [-0.25, -0.2) is 13.9 Å². The quantitative estimate of drug-likeness (QED) is 0.149. The molecule has 2 amide bonds. The number of rotatable bonds is 12. The molecule has 0 fully saturated rings. The first-order chi connectivity index (χ1) is 15.8. The Labute approximate surface area is 201 Å². The van der Waals surface area contributed by atoms with Gasteiger partial charge in [-0.15, -0.1) is 17.3 Å². The highest BCUT2D eigenvalue weighted by molar-refractivity contribution is 7.89. The molecule has 9 nitrogen and oxygen atoms in total. The molecule has 0 aliphatic carbocycles. The van der Waals surface area contributed by atoms with Crippen molar-refractivity contribution in [3.63, 3.8) is 0 Å². The molecule has 4 N–H and O–H groups in total. The molecule has 0 aliphatic rings. The number of sulfonamides is 1. The number of carbonyl (C=O) groups excluding carboxylic acids is 2. The van der Waals surface area contributed by atoms with E-state index < -0.39 is 22.0 Å². The summed E-state index contributed by atoms with van der Waals surface area (Å²) in [4.78, 5) is 24.4. The van der Waals surface area contributed by atoms with E-state index in [2.05, 4.69) is 21.9 Å². The van der Waals surface area contributed by atoms with Crippen LogP contribution < -0.4 is 20.3 Å². The second-order valence-electron chi connectivity index (χ2n) is 6.69. The first-order valence-electron chi connectivity index (χ1n) is 9.88. The number of nitrogens with one attached hydrogen (secondary N) is 3. The Bertz CT molecular complexity index is 1110. The van der Waals surface area contributed by atoms with Crippen molar-refractivity contribution < 1.29 is 28.0 Å². The van der Waals surface area contributed by atoms with Gasteiger partial charge in [-0.3, -0.25) is 14.8 Å². The molecular formula is C21H24ClN3O6S2. The summed E-state index contributed by atoms with van der Waals surface area (Å²) in [5.74, 6) is 4.69. The van der Waals surface area contributed by atoms with Gasteiger partial charge in [0.25, 0.3) is 11.8 Å². The van der Waals surface area contributed by atoms with Crippen molar-refractivity contribution in [2.45, 2.75) is 37.1 Å². The number of carbonyl (C=O) groups is 2. The van der Waals surface area contributed by atoms with Gasteiger partial charge in [0.05, 0.1) is 9.92 Å². The maximum Gasteiger partial charge on any atom is 0.262 e. The number of hydrogen-bond acceptors (Lipinski definition) is 7. The fraction of sp³-hybridized carbons (Fsp3) is 0.333. The highest BCUT2D eigenvalue weighted by Gasteiger charge is 2.25. The van der Waals surface area contributed by atoms with Gasteiger partial charge in [0.2, 0.25) is 10.0 Å². The number of unbranched alkanes of at least 4 members (excludes halogenated alkanes) is 1. The lowest BCUT2D eigenvalue weighted by Crippen LogP contribution is -2.45. The van der Waals surface area contributed by atoms with E-state index in [4.69, 9.17) is 21.5 Å². The van der Waals surface area contributed by atoms with Gasteiger partial charge in [0.1, 0.15) is 23.3 Å². The Morgan fingerprint density at radius 3 is 2.55 bits per heavy atom. The number of ether oxygens (including phenoxy) is 1. The van der Waals surface area contributed by atoms with Crippen molar-refractivity contribution in [1.29, 1.82) is 0 Å². The molecule has 1 heterocycles. The summed E-state index contributed by atoms with van der Waals surface area (Å²) in [6.45, 7) is 2.18. The largest absolute Gasteiger partial charge is 0.481 e. The van der Waals surface area contributed by atoms with E-state index in [1.807, 2.05) is 0 Å². The van der Waals surface area contributed by atoms with Gasteiger partial charge in [-0.05, 0) is 61.9 Å². The molecule has 2 rings (SSSR count). The van der Waals surface area contributed by atoms with Crippen molar-refractivity contribution in [1.82, 2.24) is 15.5 Å². The predicted molar refractivity (Wildman–Crippen MR) is 125 cm³/mol. The van der Waals surface area contributed by atoms with Crippen LogP contribution in [0.1, 0.15) is 35.9 Å². The van der Waals surface area contributed by atoms with Crippen LogP contribution in [-0.2, 0) is 14.8 Å². The number of thiophene rings is 1. The van der Waals surface area contributed by atoms with Gasteiger partial charge < -0.3 is 10.1 Å². The van der Waals surface area contributed by atoms with Gasteiger partial charge >= 0.3 is 0 Å². The van der Waals surface area contributed by atoms with Crippen LogP contribution in [0, 0.1) is 11.8 Å². The van der Waals surface area contributed by atoms with E-state index in [0.29, 0.717) is 35.0 Å². The number of hydrogen-bond donors (Lipinski definition) is 4. The lowest BCUT2D eigenvalue weighted by atomic mass is 10.1. The molecule has 0 saturated heterocycles. The van der Waals surface area contributed by atoms with E-state index >= 15 is 0 Å². The van der Waals surface area contributed by atoms with Crippen LogP contribution in [-0.4, -0.2) is 44.6 Å². The molecule has 1 aromatic carbocycles. The molecule has 1 unspecified atom stereocenters. The zero-order valence-electron chi connectivity index (χ0n) is 17.8. The summed E-state index contributed by atoms with van der Waals surface area (Å²) in [5.41, 5.74) is 1.48. The van der Waals surface area contributed by atoms with Crippen LogP contribution in [0.4, 0.5) is 0 Å². The van der Waals surface area contributed by atoms with E-state index in [0.717, 1.165) is 0 Å². The van der Waals surface area contributed by atoms with Gasteiger partial charge in [-0.2, -0.15) is 4.72 Å². The number of halogens is 1. The summed E-state index contributed by atoms with van der Waals surface area (Å²) in [7, 11) is -4.04.